The number of hydrogen-bond acceptors (Lipinski definition) is 3. The highest BCUT2D eigenvalue weighted by Gasteiger charge is 2.19. The second-order valence-corrected chi connectivity index (χ2v) is 8.45. The van der Waals surface area contributed by atoms with Gasteiger partial charge in [0.05, 0.1) is 4.92 Å². The lowest BCUT2D eigenvalue weighted by molar-refractivity contribution is -0.384. The summed E-state index contributed by atoms with van der Waals surface area (Å²) < 4.78 is 0. The normalized spacial score (nSPS) is 10.9. The van der Waals surface area contributed by atoms with Crippen molar-refractivity contribution in [2.75, 3.05) is 0 Å². The predicted octanol–water partition coefficient (Wildman–Crippen LogP) is 7.37. The van der Waals surface area contributed by atoms with E-state index in [1.807, 2.05) is 36.4 Å². The minimum atomic E-state index is -0.335. The largest absolute Gasteiger partial charge is 0.357 e. The number of aromatic nitrogens is 1. The van der Waals surface area contributed by atoms with Crippen LogP contribution in [0.2, 0.25) is 0 Å². The first-order valence-corrected chi connectivity index (χ1v) is 11.3. The summed E-state index contributed by atoms with van der Waals surface area (Å²) in [5, 5.41) is 12.3. The Kier molecular flexibility index (Phi) is 7.60. The van der Waals surface area contributed by atoms with Crippen LogP contribution in [0.15, 0.2) is 109 Å². The van der Waals surface area contributed by atoms with Gasteiger partial charge in [-0.1, -0.05) is 91.0 Å². The number of rotatable bonds is 8. The summed E-state index contributed by atoms with van der Waals surface area (Å²) in [6.45, 7) is 2.26. The highest BCUT2D eigenvalue weighted by molar-refractivity contribution is 5.98. The molecule has 0 saturated carbocycles. The van der Waals surface area contributed by atoms with Crippen molar-refractivity contribution in [2.24, 2.45) is 0 Å². The molecule has 5 aromatic rings. The van der Waals surface area contributed by atoms with Gasteiger partial charge in [0.2, 0.25) is 0 Å². The van der Waals surface area contributed by atoms with Crippen LogP contribution in [0.1, 0.15) is 16.8 Å². The van der Waals surface area contributed by atoms with Crippen molar-refractivity contribution in [3.05, 3.63) is 136 Å². The number of halogens is 1. The van der Waals surface area contributed by atoms with Crippen molar-refractivity contribution in [3.63, 3.8) is 0 Å². The highest BCUT2D eigenvalue weighted by Crippen LogP contribution is 2.35. The first-order chi connectivity index (χ1) is 16.7. The number of nitrogens with one attached hydrogen (secondary N) is 1. The Morgan fingerprint density at radius 1 is 0.714 bits per heavy atom. The molecule has 0 aliphatic rings. The van der Waals surface area contributed by atoms with Crippen molar-refractivity contribution in [1.29, 1.82) is 0 Å². The Morgan fingerprint density at radius 2 is 1.26 bits per heavy atom. The third kappa shape index (κ3) is 5.60. The second kappa shape index (κ2) is 11.0. The van der Waals surface area contributed by atoms with Crippen LogP contribution in [0, 0.1) is 10.1 Å². The van der Waals surface area contributed by atoms with E-state index in [1.54, 1.807) is 12.1 Å². The molecule has 176 valence electrons. The summed E-state index contributed by atoms with van der Waals surface area (Å²) in [7, 11) is 0. The molecule has 0 atom stereocenters. The zero-order chi connectivity index (χ0) is 23.3. The molecule has 0 radical (unpaired) electrons. The maximum Gasteiger partial charge on any atom is 0.270 e. The molecule has 0 bridgehead atoms. The SMILES string of the molecule is Cl.O=[N+]([O-])c1ccc2[nH]c(CN(Cc3ccccc3)Cc3ccccc3)c(-c3ccccc3)c2c1. The first-order valence-electron chi connectivity index (χ1n) is 11.3. The summed E-state index contributed by atoms with van der Waals surface area (Å²) in [6.07, 6.45) is 0. The molecule has 0 fully saturated rings. The van der Waals surface area contributed by atoms with E-state index in [2.05, 4.69) is 70.5 Å². The number of aromatic amines is 1. The zero-order valence-corrected chi connectivity index (χ0v) is 19.9. The van der Waals surface area contributed by atoms with Crippen LogP contribution in [0.3, 0.4) is 0 Å². The number of hydrogen-bond donors (Lipinski definition) is 1. The Bertz CT molecular complexity index is 1360. The van der Waals surface area contributed by atoms with Gasteiger partial charge in [-0.25, -0.2) is 0 Å². The van der Waals surface area contributed by atoms with Crippen LogP contribution in [0.5, 0.6) is 0 Å². The number of benzene rings is 4. The van der Waals surface area contributed by atoms with Crippen molar-refractivity contribution in [2.45, 2.75) is 19.6 Å². The van der Waals surface area contributed by atoms with Crippen molar-refractivity contribution < 1.29 is 4.92 Å². The molecular weight excluding hydrogens is 458 g/mol. The standard InChI is InChI=1S/C29H25N3O2.ClH/c33-32(34)25-16-17-27-26(18-25)29(24-14-8-3-9-15-24)28(30-27)21-31(19-22-10-4-1-5-11-22)20-23-12-6-2-7-13-23;/h1-18,30H,19-21H2;1H. The molecule has 0 aliphatic heterocycles. The second-order valence-electron chi connectivity index (χ2n) is 8.45. The number of nitro benzene ring substituents is 1. The average molecular weight is 484 g/mol. The molecule has 0 aliphatic carbocycles. The van der Waals surface area contributed by atoms with Crippen LogP contribution < -0.4 is 0 Å². The quantitative estimate of drug-likeness (QED) is 0.185. The summed E-state index contributed by atoms with van der Waals surface area (Å²) in [5.41, 5.74) is 6.60. The van der Waals surface area contributed by atoms with Crippen molar-refractivity contribution in [1.82, 2.24) is 9.88 Å². The summed E-state index contributed by atoms with van der Waals surface area (Å²) in [4.78, 5) is 17.1. The summed E-state index contributed by atoms with van der Waals surface area (Å²) in [6, 6.07) is 36.0. The molecule has 35 heavy (non-hydrogen) atoms. The Balaban J connectivity index is 0.00000289. The minimum absolute atomic E-state index is 0. The van der Waals surface area contributed by atoms with E-state index >= 15 is 0 Å². The van der Waals surface area contributed by atoms with Crippen LogP contribution in [-0.4, -0.2) is 14.8 Å². The fourth-order valence-electron chi connectivity index (χ4n) is 4.48. The zero-order valence-electron chi connectivity index (χ0n) is 19.1. The maximum absolute atomic E-state index is 11.5. The third-order valence-electron chi connectivity index (χ3n) is 6.01. The van der Waals surface area contributed by atoms with Crippen molar-refractivity contribution >= 4 is 29.0 Å². The molecule has 0 spiro atoms. The Labute approximate surface area is 210 Å². The molecule has 1 aromatic heterocycles. The molecule has 0 saturated heterocycles. The maximum atomic E-state index is 11.5. The van der Waals surface area contributed by atoms with Gasteiger partial charge in [-0.2, -0.15) is 0 Å². The van der Waals surface area contributed by atoms with E-state index in [-0.39, 0.29) is 23.0 Å². The summed E-state index contributed by atoms with van der Waals surface area (Å²) in [5.74, 6) is 0. The van der Waals surface area contributed by atoms with Crippen molar-refractivity contribution in [3.8, 4) is 11.1 Å². The fraction of sp³-hybridized carbons (Fsp3) is 0.103. The molecule has 4 aromatic carbocycles. The van der Waals surface area contributed by atoms with E-state index in [0.29, 0.717) is 6.54 Å². The molecule has 0 amide bonds. The van der Waals surface area contributed by atoms with Gasteiger partial charge in [0.1, 0.15) is 0 Å². The van der Waals surface area contributed by atoms with E-state index < -0.39 is 0 Å². The Morgan fingerprint density at radius 3 is 1.80 bits per heavy atom. The van der Waals surface area contributed by atoms with Crippen LogP contribution in [0.25, 0.3) is 22.0 Å². The molecular formula is C29H26ClN3O2. The van der Waals surface area contributed by atoms with Gasteiger partial charge < -0.3 is 4.98 Å². The van der Waals surface area contributed by atoms with Gasteiger partial charge in [0, 0.05) is 53.9 Å². The van der Waals surface area contributed by atoms with E-state index in [4.69, 9.17) is 0 Å². The number of non-ortho nitro benzene ring substituents is 1. The smallest absolute Gasteiger partial charge is 0.270 e. The highest BCUT2D eigenvalue weighted by atomic mass is 35.5. The average Bonchev–Trinajstić information content (AvgIpc) is 3.22. The van der Waals surface area contributed by atoms with Gasteiger partial charge in [-0.05, 0) is 22.8 Å². The molecule has 1 heterocycles. The van der Waals surface area contributed by atoms with Gasteiger partial charge in [0.25, 0.3) is 5.69 Å². The molecule has 0 unspecified atom stereocenters. The van der Waals surface area contributed by atoms with E-state index in [9.17, 15) is 10.1 Å². The van der Waals surface area contributed by atoms with Gasteiger partial charge in [0.15, 0.2) is 0 Å². The van der Waals surface area contributed by atoms with Gasteiger partial charge >= 0.3 is 0 Å². The summed E-state index contributed by atoms with van der Waals surface area (Å²) >= 11 is 0. The number of nitrogens with zero attached hydrogens (tertiary/aromatic N) is 2. The van der Waals surface area contributed by atoms with Crippen LogP contribution in [-0.2, 0) is 19.6 Å². The third-order valence-corrected chi connectivity index (χ3v) is 6.01. The monoisotopic (exact) mass is 483 g/mol. The first kappa shape index (κ1) is 24.2. The Hall–Kier alpha value is -3.93. The van der Waals surface area contributed by atoms with E-state index in [1.165, 1.54) is 11.1 Å². The van der Waals surface area contributed by atoms with Gasteiger partial charge in [-0.15, -0.1) is 12.4 Å². The number of fused-ring (bicyclic) bond motifs is 1. The lowest BCUT2D eigenvalue weighted by Crippen LogP contribution is -2.23. The minimum Gasteiger partial charge on any atom is -0.357 e. The van der Waals surface area contributed by atoms with Gasteiger partial charge in [-0.3, -0.25) is 15.0 Å². The number of nitro groups is 1. The number of H-pyrrole nitrogens is 1. The van der Waals surface area contributed by atoms with Crippen LogP contribution >= 0.6 is 12.4 Å². The molecule has 1 N–H and O–H groups in total. The predicted molar refractivity (Wildman–Crippen MR) is 143 cm³/mol. The van der Waals surface area contributed by atoms with Crippen LogP contribution in [0.4, 0.5) is 5.69 Å². The lowest BCUT2D eigenvalue weighted by Gasteiger charge is -2.23. The molecule has 5 rings (SSSR count). The topological polar surface area (TPSA) is 62.2 Å². The molecule has 6 heteroatoms. The fourth-order valence-corrected chi connectivity index (χ4v) is 4.48. The van der Waals surface area contributed by atoms with E-state index in [0.717, 1.165) is 40.8 Å². The molecule has 5 nitrogen and oxygen atoms in total. The lowest BCUT2D eigenvalue weighted by atomic mass is 10.0.